The molecule has 0 bridgehead atoms. The zero-order valence-corrected chi connectivity index (χ0v) is 10.9. The fourth-order valence-corrected chi connectivity index (χ4v) is 2.14. The van der Waals surface area contributed by atoms with Crippen molar-refractivity contribution in [3.05, 3.63) is 29.6 Å². The van der Waals surface area contributed by atoms with Crippen LogP contribution in [0.4, 0.5) is 18.9 Å². The number of likely N-dealkylation sites (tertiary alicyclic amines) is 1. The van der Waals surface area contributed by atoms with Gasteiger partial charge in [-0.2, -0.15) is 0 Å². The summed E-state index contributed by atoms with van der Waals surface area (Å²) in [7, 11) is 0. The molecule has 20 heavy (non-hydrogen) atoms. The van der Waals surface area contributed by atoms with Crippen molar-refractivity contribution in [2.24, 2.45) is 0 Å². The van der Waals surface area contributed by atoms with Crippen LogP contribution in [0.5, 0.6) is 0 Å². The summed E-state index contributed by atoms with van der Waals surface area (Å²) in [5.74, 6) is -4.90. The van der Waals surface area contributed by atoms with Gasteiger partial charge in [-0.1, -0.05) is 6.92 Å². The van der Waals surface area contributed by atoms with Crippen LogP contribution in [0.15, 0.2) is 12.1 Å². The number of nitrogens with zero attached hydrogens (tertiary/aromatic N) is 1. The van der Waals surface area contributed by atoms with Crippen molar-refractivity contribution < 1.29 is 23.1 Å². The van der Waals surface area contributed by atoms with Crippen LogP contribution in [0.3, 0.4) is 0 Å². The molecule has 1 heterocycles. The molecule has 1 amide bonds. The number of β-amino-alcohol motifs (C(OH)–C–C–N with tert-alkyl or cyclic N) is 1. The number of hydrogen-bond acceptors (Lipinski definition) is 3. The average molecular weight is 288 g/mol. The maximum absolute atomic E-state index is 13.4. The van der Waals surface area contributed by atoms with E-state index in [1.54, 1.807) is 4.90 Å². The number of nitrogens with one attached hydrogen (secondary N) is 1. The minimum absolute atomic E-state index is 0.0409. The molecule has 0 aliphatic carbocycles. The zero-order chi connectivity index (χ0) is 14.9. The van der Waals surface area contributed by atoms with Gasteiger partial charge in [-0.05, 0) is 18.6 Å². The highest BCUT2D eigenvalue weighted by Crippen LogP contribution is 2.24. The van der Waals surface area contributed by atoms with Gasteiger partial charge in [-0.3, -0.25) is 9.69 Å². The summed E-state index contributed by atoms with van der Waals surface area (Å²) in [5.41, 5.74) is -1.17. The Morgan fingerprint density at radius 1 is 1.35 bits per heavy atom. The van der Waals surface area contributed by atoms with E-state index in [1.807, 2.05) is 6.92 Å². The first-order valence-corrected chi connectivity index (χ1v) is 6.23. The Bertz CT molecular complexity index is 531. The second kappa shape index (κ2) is 5.41. The van der Waals surface area contributed by atoms with Gasteiger partial charge in [0.25, 0.3) is 0 Å². The summed E-state index contributed by atoms with van der Waals surface area (Å²) in [6, 6.07) is 1.71. The minimum atomic E-state index is -1.62. The first-order chi connectivity index (χ1) is 9.34. The second-order valence-corrected chi connectivity index (χ2v) is 4.99. The molecule has 1 aromatic rings. The molecule has 110 valence electrons. The maximum Gasteiger partial charge on any atom is 0.238 e. The Kier molecular flexibility index (Phi) is 4.01. The third-order valence-corrected chi connectivity index (χ3v) is 3.37. The van der Waals surface area contributed by atoms with Crippen molar-refractivity contribution >= 4 is 11.6 Å². The van der Waals surface area contributed by atoms with Crippen LogP contribution in [-0.4, -0.2) is 41.1 Å². The Hall–Kier alpha value is -1.60. The summed E-state index contributed by atoms with van der Waals surface area (Å²) in [5, 5.41) is 12.0. The van der Waals surface area contributed by atoms with Gasteiger partial charge < -0.3 is 10.4 Å². The fraction of sp³-hybridized carbons (Fsp3) is 0.462. The lowest BCUT2D eigenvalue weighted by Crippen LogP contribution is -2.62. The van der Waals surface area contributed by atoms with Gasteiger partial charge >= 0.3 is 0 Å². The normalized spacial score (nSPS) is 17.6. The lowest BCUT2D eigenvalue weighted by Gasteiger charge is -2.45. The number of amides is 1. The van der Waals surface area contributed by atoms with E-state index in [4.69, 9.17) is 0 Å². The topological polar surface area (TPSA) is 52.6 Å². The molecule has 7 heteroatoms. The number of hydrogen-bond donors (Lipinski definition) is 2. The van der Waals surface area contributed by atoms with E-state index in [-0.39, 0.29) is 6.54 Å². The Labute approximate surface area is 114 Å². The standard InChI is InChI=1S/C13H15F3N2O2/c1-2-13(20)6-18(7-13)5-10(19)17-9-4-3-8(14)11(15)12(9)16/h3-4,20H,2,5-7H2,1H3,(H,17,19). The minimum Gasteiger partial charge on any atom is -0.387 e. The van der Waals surface area contributed by atoms with E-state index in [1.165, 1.54) is 0 Å². The molecule has 1 aliphatic rings. The average Bonchev–Trinajstić information content (AvgIpc) is 2.37. The molecule has 0 unspecified atom stereocenters. The SMILES string of the molecule is CCC1(O)CN(CC(=O)Nc2ccc(F)c(F)c2F)C1. The number of aliphatic hydroxyl groups is 1. The highest BCUT2D eigenvalue weighted by molar-refractivity contribution is 5.92. The molecule has 0 saturated carbocycles. The number of carbonyl (C=O) groups excluding carboxylic acids is 1. The third-order valence-electron chi connectivity index (χ3n) is 3.37. The summed E-state index contributed by atoms with van der Waals surface area (Å²) in [6.45, 7) is 2.52. The van der Waals surface area contributed by atoms with Crippen molar-refractivity contribution in [2.45, 2.75) is 18.9 Å². The van der Waals surface area contributed by atoms with Crippen LogP contribution in [0.2, 0.25) is 0 Å². The molecule has 0 spiro atoms. The van der Waals surface area contributed by atoms with Gasteiger partial charge in [0.05, 0.1) is 17.8 Å². The first kappa shape index (κ1) is 14.8. The van der Waals surface area contributed by atoms with Crippen molar-refractivity contribution in [1.29, 1.82) is 0 Å². The van der Waals surface area contributed by atoms with Crippen LogP contribution in [0, 0.1) is 17.5 Å². The highest BCUT2D eigenvalue weighted by Gasteiger charge is 2.39. The van der Waals surface area contributed by atoms with Gasteiger partial charge in [-0.15, -0.1) is 0 Å². The molecule has 0 atom stereocenters. The molecule has 4 nitrogen and oxygen atoms in total. The summed E-state index contributed by atoms with van der Waals surface area (Å²) in [4.78, 5) is 13.3. The second-order valence-electron chi connectivity index (χ2n) is 4.99. The van der Waals surface area contributed by atoms with Gasteiger partial charge in [-0.25, -0.2) is 13.2 Å². The predicted molar refractivity (Wildman–Crippen MR) is 66.6 cm³/mol. The zero-order valence-electron chi connectivity index (χ0n) is 10.9. The summed E-state index contributed by atoms with van der Waals surface area (Å²) < 4.78 is 39.1. The summed E-state index contributed by atoms with van der Waals surface area (Å²) in [6.07, 6.45) is 0.586. The Morgan fingerprint density at radius 2 is 2.00 bits per heavy atom. The molecule has 2 N–H and O–H groups in total. The largest absolute Gasteiger partial charge is 0.387 e. The first-order valence-electron chi connectivity index (χ1n) is 6.23. The van der Waals surface area contributed by atoms with Crippen LogP contribution in [0.25, 0.3) is 0 Å². The smallest absolute Gasteiger partial charge is 0.238 e. The van der Waals surface area contributed by atoms with Gasteiger partial charge in [0, 0.05) is 13.1 Å². The molecule has 2 rings (SSSR count). The molecule has 0 radical (unpaired) electrons. The van der Waals surface area contributed by atoms with E-state index in [9.17, 15) is 23.1 Å². The van der Waals surface area contributed by atoms with Crippen LogP contribution in [0.1, 0.15) is 13.3 Å². The van der Waals surface area contributed by atoms with Crippen molar-refractivity contribution in [2.75, 3.05) is 25.0 Å². The van der Waals surface area contributed by atoms with E-state index in [2.05, 4.69) is 5.32 Å². The molecule has 0 aromatic heterocycles. The quantitative estimate of drug-likeness (QED) is 0.826. The van der Waals surface area contributed by atoms with Gasteiger partial charge in [0.2, 0.25) is 5.91 Å². The van der Waals surface area contributed by atoms with Crippen LogP contribution >= 0.6 is 0 Å². The molecular formula is C13H15F3N2O2. The molecule has 1 saturated heterocycles. The Morgan fingerprint density at radius 3 is 2.60 bits per heavy atom. The van der Waals surface area contributed by atoms with Crippen molar-refractivity contribution in [3.63, 3.8) is 0 Å². The number of rotatable bonds is 4. The molecule has 1 fully saturated rings. The van der Waals surface area contributed by atoms with Crippen LogP contribution in [-0.2, 0) is 4.79 Å². The molecular weight excluding hydrogens is 273 g/mol. The number of anilines is 1. The van der Waals surface area contributed by atoms with E-state index >= 15 is 0 Å². The number of halogens is 3. The van der Waals surface area contributed by atoms with Crippen molar-refractivity contribution in [1.82, 2.24) is 4.90 Å². The lowest BCUT2D eigenvalue weighted by molar-refractivity contribution is -0.128. The lowest BCUT2D eigenvalue weighted by atomic mass is 9.91. The Balaban J connectivity index is 1.92. The van der Waals surface area contributed by atoms with Gasteiger partial charge in [0.1, 0.15) is 0 Å². The molecule has 1 aliphatic heterocycles. The monoisotopic (exact) mass is 288 g/mol. The van der Waals surface area contributed by atoms with E-state index in [0.29, 0.717) is 19.5 Å². The molecule has 1 aromatic carbocycles. The van der Waals surface area contributed by atoms with E-state index < -0.39 is 34.6 Å². The summed E-state index contributed by atoms with van der Waals surface area (Å²) >= 11 is 0. The van der Waals surface area contributed by atoms with Gasteiger partial charge in [0.15, 0.2) is 17.5 Å². The maximum atomic E-state index is 13.4. The number of carbonyl (C=O) groups is 1. The predicted octanol–water partition coefficient (Wildman–Crippen LogP) is 1.50. The fourth-order valence-electron chi connectivity index (χ4n) is 2.14. The number of benzene rings is 1. The van der Waals surface area contributed by atoms with Crippen molar-refractivity contribution in [3.8, 4) is 0 Å². The highest BCUT2D eigenvalue weighted by atomic mass is 19.2. The van der Waals surface area contributed by atoms with E-state index in [0.717, 1.165) is 12.1 Å². The van der Waals surface area contributed by atoms with Crippen LogP contribution < -0.4 is 5.32 Å². The third kappa shape index (κ3) is 2.94.